The highest BCUT2D eigenvalue weighted by molar-refractivity contribution is 6.09. The molecular weight excluding hydrogens is 737 g/mol. The molecule has 0 bridgehead atoms. The normalized spacial score (nSPS) is 12.7. The van der Waals surface area contributed by atoms with Crippen LogP contribution in [0.3, 0.4) is 0 Å². The minimum absolute atomic E-state index is 0.230. The molecule has 0 amide bonds. The Kier molecular flexibility index (Phi) is 8.65. The third kappa shape index (κ3) is 6.26. The van der Waals surface area contributed by atoms with E-state index in [2.05, 4.69) is 243 Å². The minimum atomic E-state index is -0.230. The number of fused-ring (bicyclic) bond motifs is 6. The summed E-state index contributed by atoms with van der Waals surface area (Å²) in [5, 5.41) is 2.56. The van der Waals surface area contributed by atoms with Crippen molar-refractivity contribution in [3.05, 3.63) is 229 Å². The summed E-state index contributed by atoms with van der Waals surface area (Å²) < 4.78 is 2.43. The average molecular weight is 783 g/mol. The van der Waals surface area contributed by atoms with Gasteiger partial charge in [0.15, 0.2) is 0 Å². The summed E-state index contributed by atoms with van der Waals surface area (Å²) in [4.78, 5) is 2.43. The van der Waals surface area contributed by atoms with Crippen LogP contribution in [0.15, 0.2) is 206 Å². The molecule has 11 rings (SSSR count). The topological polar surface area (TPSA) is 8.17 Å². The van der Waals surface area contributed by atoms with E-state index >= 15 is 0 Å². The number of hydrogen-bond acceptors (Lipinski definition) is 1. The second-order valence-corrected chi connectivity index (χ2v) is 17.2. The van der Waals surface area contributed by atoms with Gasteiger partial charge in [0.05, 0.1) is 11.0 Å². The van der Waals surface area contributed by atoms with Crippen molar-refractivity contribution < 1.29 is 0 Å². The van der Waals surface area contributed by atoms with Crippen LogP contribution in [0.2, 0.25) is 0 Å². The van der Waals surface area contributed by atoms with Crippen LogP contribution in [0.25, 0.3) is 72.0 Å². The van der Waals surface area contributed by atoms with Crippen molar-refractivity contribution >= 4 is 38.9 Å². The Balaban J connectivity index is 1.04. The summed E-state index contributed by atoms with van der Waals surface area (Å²) in [6, 6.07) is 76.2. The van der Waals surface area contributed by atoms with Crippen LogP contribution in [0.4, 0.5) is 17.1 Å². The van der Waals surface area contributed by atoms with Gasteiger partial charge in [-0.1, -0.05) is 165 Å². The highest BCUT2D eigenvalue weighted by atomic mass is 15.1. The van der Waals surface area contributed by atoms with Crippen LogP contribution in [-0.2, 0) is 5.41 Å². The number of aryl methyl sites for hydroxylation is 2. The zero-order chi connectivity index (χ0) is 41.2. The summed E-state index contributed by atoms with van der Waals surface area (Å²) >= 11 is 0. The number of nitrogens with zero attached hydrogens (tertiary/aromatic N) is 2. The Hall–Kier alpha value is -7.42. The fraction of sp³-hybridized carbons (Fsp3) is 0.0847. The first-order chi connectivity index (χ1) is 29.8. The van der Waals surface area contributed by atoms with Crippen molar-refractivity contribution in [3.8, 4) is 50.2 Å². The monoisotopic (exact) mass is 782 g/mol. The molecule has 0 atom stereocenters. The zero-order valence-corrected chi connectivity index (χ0v) is 35.0. The van der Waals surface area contributed by atoms with Crippen molar-refractivity contribution in [1.29, 1.82) is 0 Å². The number of para-hydroxylation sites is 3. The van der Waals surface area contributed by atoms with Crippen LogP contribution in [0, 0.1) is 13.8 Å². The van der Waals surface area contributed by atoms with Gasteiger partial charge in [0.1, 0.15) is 0 Å². The molecule has 1 aromatic heterocycles. The van der Waals surface area contributed by atoms with Gasteiger partial charge in [0.25, 0.3) is 0 Å². The van der Waals surface area contributed by atoms with Crippen molar-refractivity contribution in [2.45, 2.75) is 33.1 Å². The largest absolute Gasteiger partial charge is 0.310 e. The quantitative estimate of drug-likeness (QED) is 0.156. The highest BCUT2D eigenvalue weighted by Gasteiger charge is 2.36. The van der Waals surface area contributed by atoms with E-state index in [9.17, 15) is 0 Å². The van der Waals surface area contributed by atoms with E-state index in [4.69, 9.17) is 0 Å². The molecule has 0 N–H and O–H groups in total. The van der Waals surface area contributed by atoms with Gasteiger partial charge < -0.3 is 9.47 Å². The van der Waals surface area contributed by atoms with Gasteiger partial charge in [-0.05, 0) is 136 Å². The van der Waals surface area contributed by atoms with Gasteiger partial charge in [-0.15, -0.1) is 0 Å². The van der Waals surface area contributed by atoms with E-state index in [-0.39, 0.29) is 5.41 Å². The molecule has 2 heteroatoms. The maximum atomic E-state index is 2.44. The van der Waals surface area contributed by atoms with E-state index in [0.29, 0.717) is 0 Å². The third-order valence-corrected chi connectivity index (χ3v) is 12.8. The number of aromatic nitrogens is 1. The molecule has 9 aromatic carbocycles. The maximum Gasteiger partial charge on any atom is 0.0541 e. The second-order valence-electron chi connectivity index (χ2n) is 17.2. The standard InChI is InChI=1S/C59H46N2/c1-39-31-40(2)33-44(32-39)42-23-25-43(26-24-42)46-34-45(41-15-7-5-8-16-41)35-50(36-46)60(47-17-9-6-10-18-47)48-27-29-51-52-30-28-49(38-56(52)59(3,4)55(51)37-48)61-57-21-13-11-19-53(57)54-20-12-14-22-58(54)61/h5-38H,1-4H3. The van der Waals surface area contributed by atoms with E-state index in [0.717, 1.165) is 17.1 Å². The predicted molar refractivity (Wildman–Crippen MR) is 259 cm³/mol. The van der Waals surface area contributed by atoms with Gasteiger partial charge in [0, 0.05) is 38.9 Å². The summed E-state index contributed by atoms with van der Waals surface area (Å²) in [6.07, 6.45) is 0. The molecule has 1 aliphatic carbocycles. The molecule has 0 fully saturated rings. The molecule has 0 saturated carbocycles. The molecule has 0 unspecified atom stereocenters. The van der Waals surface area contributed by atoms with Crippen molar-refractivity contribution in [2.24, 2.45) is 0 Å². The van der Waals surface area contributed by atoms with Crippen molar-refractivity contribution in [3.63, 3.8) is 0 Å². The smallest absolute Gasteiger partial charge is 0.0541 e. The van der Waals surface area contributed by atoms with Crippen LogP contribution in [0.1, 0.15) is 36.1 Å². The number of benzene rings is 9. The molecule has 2 nitrogen and oxygen atoms in total. The summed E-state index contributed by atoms with van der Waals surface area (Å²) in [7, 11) is 0. The first kappa shape index (κ1) is 36.6. The summed E-state index contributed by atoms with van der Waals surface area (Å²) in [5.74, 6) is 0. The molecule has 61 heavy (non-hydrogen) atoms. The number of rotatable bonds is 7. The molecule has 1 aliphatic rings. The Morgan fingerprint density at radius 2 is 0.852 bits per heavy atom. The number of hydrogen-bond donors (Lipinski definition) is 0. The van der Waals surface area contributed by atoms with Crippen molar-refractivity contribution in [1.82, 2.24) is 4.57 Å². The lowest BCUT2D eigenvalue weighted by molar-refractivity contribution is 0.660. The van der Waals surface area contributed by atoms with Gasteiger partial charge in [-0.3, -0.25) is 0 Å². The lowest BCUT2D eigenvalue weighted by atomic mass is 9.82. The van der Waals surface area contributed by atoms with E-state index in [1.54, 1.807) is 0 Å². The molecule has 0 radical (unpaired) electrons. The lowest BCUT2D eigenvalue weighted by Crippen LogP contribution is -2.17. The SMILES string of the molecule is Cc1cc(C)cc(-c2ccc(-c3cc(-c4ccccc4)cc(N(c4ccccc4)c4ccc5c(c4)C(C)(C)c4cc(-n6c7ccccc7c7ccccc76)ccc4-5)c3)cc2)c1. The zero-order valence-electron chi connectivity index (χ0n) is 35.0. The Labute approximate surface area is 358 Å². The Bertz CT molecular complexity index is 3210. The van der Waals surface area contributed by atoms with E-state index in [1.807, 2.05) is 0 Å². The Morgan fingerprint density at radius 1 is 0.361 bits per heavy atom. The summed E-state index contributed by atoms with van der Waals surface area (Å²) in [5.41, 5.74) is 21.8. The molecule has 0 spiro atoms. The maximum absolute atomic E-state index is 2.44. The molecule has 1 heterocycles. The van der Waals surface area contributed by atoms with Crippen LogP contribution in [-0.4, -0.2) is 4.57 Å². The number of anilines is 3. The first-order valence-corrected chi connectivity index (χ1v) is 21.3. The summed E-state index contributed by atoms with van der Waals surface area (Å²) in [6.45, 7) is 9.12. The molecule has 292 valence electrons. The van der Waals surface area contributed by atoms with Gasteiger partial charge in [-0.25, -0.2) is 0 Å². The van der Waals surface area contributed by atoms with E-state index in [1.165, 1.54) is 94.3 Å². The van der Waals surface area contributed by atoms with Crippen LogP contribution < -0.4 is 4.90 Å². The van der Waals surface area contributed by atoms with Gasteiger partial charge >= 0.3 is 0 Å². The fourth-order valence-electron chi connectivity index (χ4n) is 9.92. The molecule has 10 aromatic rings. The van der Waals surface area contributed by atoms with Crippen LogP contribution in [0.5, 0.6) is 0 Å². The van der Waals surface area contributed by atoms with Gasteiger partial charge in [-0.2, -0.15) is 0 Å². The fourth-order valence-corrected chi connectivity index (χ4v) is 9.92. The van der Waals surface area contributed by atoms with Crippen molar-refractivity contribution in [2.75, 3.05) is 4.90 Å². The molecular formula is C59H46N2. The lowest BCUT2D eigenvalue weighted by Gasteiger charge is -2.29. The third-order valence-electron chi connectivity index (χ3n) is 12.8. The second kappa shape index (κ2) is 14.4. The van der Waals surface area contributed by atoms with Gasteiger partial charge in [0.2, 0.25) is 0 Å². The highest BCUT2D eigenvalue weighted by Crippen LogP contribution is 2.52. The first-order valence-electron chi connectivity index (χ1n) is 21.3. The molecule has 0 aliphatic heterocycles. The van der Waals surface area contributed by atoms with Crippen LogP contribution >= 0.6 is 0 Å². The van der Waals surface area contributed by atoms with E-state index < -0.39 is 0 Å². The minimum Gasteiger partial charge on any atom is -0.310 e. The molecule has 0 saturated heterocycles. The Morgan fingerprint density at radius 3 is 1.46 bits per heavy atom. The average Bonchev–Trinajstić information content (AvgIpc) is 3.74. The predicted octanol–water partition coefficient (Wildman–Crippen LogP) is 16.2.